The molecule has 0 spiro atoms. The molecule has 0 fully saturated rings. The van der Waals surface area contributed by atoms with E-state index in [0.717, 1.165) is 12.1 Å². The third-order valence-corrected chi connectivity index (χ3v) is 2.91. The number of amides is 3. The Kier molecular flexibility index (Phi) is 5.72. The van der Waals surface area contributed by atoms with E-state index in [1.54, 1.807) is 5.32 Å². The zero-order valence-corrected chi connectivity index (χ0v) is 12.2. The molecule has 5 nitrogen and oxygen atoms in total. The highest BCUT2D eigenvalue weighted by Gasteiger charge is 2.71. The van der Waals surface area contributed by atoms with Crippen molar-refractivity contribution in [1.82, 2.24) is 5.32 Å². The van der Waals surface area contributed by atoms with E-state index >= 15 is 0 Å². The van der Waals surface area contributed by atoms with Crippen molar-refractivity contribution in [2.45, 2.75) is 18.0 Å². The molecule has 1 atom stereocenters. The lowest BCUT2D eigenvalue weighted by atomic mass is 10.0. The number of rotatable bonds is 4. The summed E-state index contributed by atoms with van der Waals surface area (Å²) >= 11 is 5.12. The summed E-state index contributed by atoms with van der Waals surface area (Å²) in [5.41, 5.74) is -1.67. The lowest BCUT2D eigenvalue weighted by Crippen LogP contribution is -2.53. The molecule has 0 saturated carbocycles. The van der Waals surface area contributed by atoms with Crippen LogP contribution in [0.4, 0.5) is 36.8 Å². The minimum absolute atomic E-state index is 0.191. The Hall–Kier alpha value is -2.01. The number of benzene rings is 1. The molecule has 134 valence electrons. The molecule has 0 bridgehead atoms. The topological polar surface area (TPSA) is 78.4 Å². The van der Waals surface area contributed by atoms with E-state index in [-0.39, 0.29) is 5.69 Å². The number of carbonyl (C=O) groups excluding carboxylic acids is 2. The number of carbonyl (C=O) groups is 2. The largest absolute Gasteiger partial charge is 0.455 e. The summed E-state index contributed by atoms with van der Waals surface area (Å²) in [6.07, 6.45) is -6.23. The lowest BCUT2D eigenvalue weighted by molar-refractivity contribution is -0.390. The van der Waals surface area contributed by atoms with Crippen molar-refractivity contribution in [3.05, 3.63) is 29.8 Å². The molecule has 0 heterocycles. The van der Waals surface area contributed by atoms with Crippen molar-refractivity contribution in [3.8, 4) is 0 Å². The van der Waals surface area contributed by atoms with Crippen LogP contribution < -0.4 is 10.6 Å². The van der Waals surface area contributed by atoms with Crippen molar-refractivity contribution < 1.29 is 41.0 Å². The molecule has 0 aromatic heterocycles. The number of hydrogen-bond acceptors (Lipinski definition) is 3. The molecule has 0 saturated heterocycles. The first-order valence-electron chi connectivity index (χ1n) is 5.96. The molecule has 1 aromatic rings. The normalized spacial score (nSPS) is 14.7. The minimum Gasteiger partial charge on any atom is -0.350 e. The zero-order valence-electron chi connectivity index (χ0n) is 11.4. The predicted molar refractivity (Wildman–Crippen MR) is 70.3 cm³/mol. The first kappa shape index (κ1) is 20.0. The van der Waals surface area contributed by atoms with Gasteiger partial charge < -0.3 is 10.4 Å². The summed E-state index contributed by atoms with van der Waals surface area (Å²) in [6, 6.07) is 1.11. The SMILES string of the molecule is O=C(CCl)NC(=O)Nc1ccc(C(F)(F)C(O)(F)C(F)(F)F)cc1. The van der Waals surface area contributed by atoms with Crippen LogP contribution in [0.3, 0.4) is 0 Å². The fourth-order valence-corrected chi connectivity index (χ4v) is 1.52. The van der Waals surface area contributed by atoms with Gasteiger partial charge in [-0.25, -0.2) is 4.79 Å². The Labute approximate surface area is 135 Å². The summed E-state index contributed by atoms with van der Waals surface area (Å²) in [5, 5.41) is 12.3. The van der Waals surface area contributed by atoms with Gasteiger partial charge in [0, 0.05) is 11.3 Å². The quantitative estimate of drug-likeness (QED) is 0.557. The maximum Gasteiger partial charge on any atom is 0.455 e. The van der Waals surface area contributed by atoms with Gasteiger partial charge in [-0.1, -0.05) is 12.1 Å². The monoisotopic (exact) mass is 378 g/mol. The minimum atomic E-state index is -6.23. The van der Waals surface area contributed by atoms with Crippen LogP contribution in [0.25, 0.3) is 0 Å². The molecule has 0 aliphatic heterocycles. The molecular weight excluding hydrogens is 370 g/mol. The average Bonchev–Trinajstić information content (AvgIpc) is 2.46. The Morgan fingerprint density at radius 2 is 1.54 bits per heavy atom. The second kappa shape index (κ2) is 6.85. The second-order valence-corrected chi connectivity index (χ2v) is 4.67. The van der Waals surface area contributed by atoms with Crippen LogP contribution in [-0.4, -0.2) is 35.0 Å². The van der Waals surface area contributed by atoms with Gasteiger partial charge in [-0.2, -0.15) is 26.3 Å². The number of halogens is 7. The standard InChI is InChI=1S/C12H9ClF6N2O3/c13-5-8(22)21-9(23)20-7-3-1-6(2-4-7)10(14,15)11(16,24)12(17,18)19/h1-4,24H,5H2,(H2,20,21,22,23). The van der Waals surface area contributed by atoms with E-state index in [2.05, 4.69) is 0 Å². The van der Waals surface area contributed by atoms with Gasteiger partial charge in [0.2, 0.25) is 5.91 Å². The highest BCUT2D eigenvalue weighted by Crippen LogP contribution is 2.49. The number of imide groups is 1. The van der Waals surface area contributed by atoms with Crippen LogP contribution in [0, 0.1) is 0 Å². The third kappa shape index (κ3) is 4.09. The van der Waals surface area contributed by atoms with Crippen LogP contribution in [0.1, 0.15) is 5.56 Å². The third-order valence-electron chi connectivity index (χ3n) is 2.67. The molecule has 0 aliphatic rings. The Balaban J connectivity index is 2.95. The van der Waals surface area contributed by atoms with Crippen molar-refractivity contribution in [3.63, 3.8) is 0 Å². The summed E-state index contributed by atoms with van der Waals surface area (Å²) in [4.78, 5) is 22.1. The average molecular weight is 379 g/mol. The van der Waals surface area contributed by atoms with Crippen LogP contribution in [0.2, 0.25) is 0 Å². The lowest BCUT2D eigenvalue weighted by Gasteiger charge is -2.30. The van der Waals surface area contributed by atoms with E-state index in [9.17, 15) is 35.9 Å². The summed E-state index contributed by atoms with van der Waals surface area (Å²) in [6.45, 7) is 0. The van der Waals surface area contributed by atoms with Crippen molar-refractivity contribution >= 4 is 29.2 Å². The number of alkyl halides is 7. The van der Waals surface area contributed by atoms with E-state index in [0.29, 0.717) is 12.1 Å². The summed E-state index contributed by atoms with van der Waals surface area (Å²) in [5.74, 6) is -12.4. The van der Waals surface area contributed by atoms with Crippen LogP contribution in [0.15, 0.2) is 24.3 Å². The van der Waals surface area contributed by atoms with Gasteiger partial charge >= 0.3 is 24.0 Å². The van der Waals surface area contributed by atoms with Gasteiger partial charge in [0.25, 0.3) is 0 Å². The van der Waals surface area contributed by atoms with Crippen molar-refractivity contribution in [2.24, 2.45) is 0 Å². The smallest absolute Gasteiger partial charge is 0.350 e. The van der Waals surface area contributed by atoms with Gasteiger partial charge in [-0.05, 0) is 12.1 Å². The Bertz CT molecular complexity index is 618. The number of hydrogen-bond donors (Lipinski definition) is 3. The van der Waals surface area contributed by atoms with Gasteiger partial charge in [0.1, 0.15) is 5.88 Å². The molecule has 3 amide bonds. The molecule has 12 heteroatoms. The van der Waals surface area contributed by atoms with Crippen LogP contribution >= 0.6 is 11.6 Å². The van der Waals surface area contributed by atoms with E-state index in [4.69, 9.17) is 16.7 Å². The number of aliphatic hydroxyl groups is 1. The number of anilines is 1. The Morgan fingerprint density at radius 1 is 1.04 bits per heavy atom. The molecule has 0 aliphatic carbocycles. The molecule has 1 rings (SSSR count). The first-order chi connectivity index (χ1) is 10.8. The fraction of sp³-hybridized carbons (Fsp3) is 0.333. The molecule has 24 heavy (non-hydrogen) atoms. The van der Waals surface area contributed by atoms with Crippen molar-refractivity contribution in [2.75, 3.05) is 11.2 Å². The zero-order chi connectivity index (χ0) is 18.8. The van der Waals surface area contributed by atoms with Gasteiger partial charge in [0.15, 0.2) is 0 Å². The summed E-state index contributed by atoms with van der Waals surface area (Å²) in [7, 11) is 0. The maximum absolute atomic E-state index is 13.5. The molecule has 3 N–H and O–H groups in total. The molecular formula is C12H9ClF6N2O3. The van der Waals surface area contributed by atoms with Crippen molar-refractivity contribution in [1.29, 1.82) is 0 Å². The predicted octanol–water partition coefficient (Wildman–Crippen LogP) is 2.89. The van der Waals surface area contributed by atoms with E-state index in [1.807, 2.05) is 5.32 Å². The van der Waals surface area contributed by atoms with Gasteiger partial charge in [-0.15, -0.1) is 11.6 Å². The maximum atomic E-state index is 13.5. The van der Waals surface area contributed by atoms with E-state index in [1.165, 1.54) is 0 Å². The first-order valence-corrected chi connectivity index (χ1v) is 6.49. The van der Waals surface area contributed by atoms with Gasteiger partial charge in [-0.3, -0.25) is 10.1 Å². The molecule has 1 aromatic carbocycles. The van der Waals surface area contributed by atoms with Gasteiger partial charge in [0.05, 0.1) is 0 Å². The Morgan fingerprint density at radius 3 is 1.96 bits per heavy atom. The summed E-state index contributed by atoms with van der Waals surface area (Å²) < 4.78 is 76.8. The van der Waals surface area contributed by atoms with Crippen LogP contribution in [-0.2, 0) is 10.7 Å². The van der Waals surface area contributed by atoms with Crippen LogP contribution in [0.5, 0.6) is 0 Å². The highest BCUT2D eigenvalue weighted by atomic mass is 35.5. The number of nitrogens with one attached hydrogen (secondary N) is 2. The molecule has 1 unspecified atom stereocenters. The fourth-order valence-electron chi connectivity index (χ4n) is 1.45. The highest BCUT2D eigenvalue weighted by molar-refractivity contribution is 6.28. The second-order valence-electron chi connectivity index (χ2n) is 4.41. The number of urea groups is 1. The van der Waals surface area contributed by atoms with E-state index < -0.39 is 41.3 Å². The molecule has 0 radical (unpaired) electrons.